The number of aryl methyl sites for hydroxylation is 1. The first-order valence-electron chi connectivity index (χ1n) is 4.60. The second-order valence-electron chi connectivity index (χ2n) is 3.19. The van der Waals surface area contributed by atoms with Crippen molar-refractivity contribution in [1.82, 2.24) is 0 Å². The Morgan fingerprint density at radius 2 is 2.14 bits per heavy atom. The fourth-order valence-corrected chi connectivity index (χ4v) is 1.31. The van der Waals surface area contributed by atoms with E-state index in [9.17, 15) is 4.79 Å². The summed E-state index contributed by atoms with van der Waals surface area (Å²) in [6.07, 6.45) is 0. The summed E-state index contributed by atoms with van der Waals surface area (Å²) in [5.74, 6) is 0.663. The summed E-state index contributed by atoms with van der Waals surface area (Å²) in [7, 11) is 0. The molecule has 14 heavy (non-hydrogen) atoms. The molecule has 0 aromatic heterocycles. The minimum absolute atomic E-state index is 0.0350. The van der Waals surface area contributed by atoms with E-state index in [1.54, 1.807) is 6.07 Å². The molecule has 0 aliphatic carbocycles. The Kier molecular flexibility index (Phi) is 3.12. The van der Waals surface area contributed by atoms with Crippen LogP contribution in [0, 0.1) is 6.92 Å². The Bertz CT molecular complexity index is 359. The molecule has 0 amide bonds. The molecule has 0 saturated carbocycles. The summed E-state index contributed by atoms with van der Waals surface area (Å²) >= 11 is 0. The van der Waals surface area contributed by atoms with E-state index in [0.717, 1.165) is 5.56 Å². The molecule has 0 unspecified atom stereocenters. The van der Waals surface area contributed by atoms with Crippen molar-refractivity contribution >= 4 is 11.5 Å². The Hall–Kier alpha value is -1.51. The molecule has 1 rings (SSSR count). The number of Topliss-reactive ketones (excluding diaryl/α,β-unsaturated/α-hetero) is 1. The maximum Gasteiger partial charge on any atom is 0.162 e. The molecule has 0 bridgehead atoms. The maximum absolute atomic E-state index is 11.2. The SMILES string of the molecule is CCOc1cc(C)c(N)c(C(C)=O)c1. The zero-order valence-corrected chi connectivity index (χ0v) is 8.76. The van der Waals surface area contributed by atoms with E-state index < -0.39 is 0 Å². The molecule has 0 atom stereocenters. The summed E-state index contributed by atoms with van der Waals surface area (Å²) in [5, 5.41) is 0. The quantitative estimate of drug-likeness (QED) is 0.591. The van der Waals surface area contributed by atoms with Gasteiger partial charge in [0.1, 0.15) is 5.75 Å². The normalized spacial score (nSPS) is 9.93. The largest absolute Gasteiger partial charge is 0.494 e. The minimum atomic E-state index is -0.0350. The first-order valence-corrected chi connectivity index (χ1v) is 4.60. The lowest BCUT2D eigenvalue weighted by Gasteiger charge is -2.09. The van der Waals surface area contributed by atoms with Gasteiger partial charge in [0.2, 0.25) is 0 Å². The molecule has 3 heteroatoms. The number of carbonyl (C=O) groups is 1. The van der Waals surface area contributed by atoms with Crippen LogP contribution in [0.5, 0.6) is 5.75 Å². The molecule has 0 radical (unpaired) electrons. The van der Waals surface area contributed by atoms with E-state index >= 15 is 0 Å². The molecule has 2 N–H and O–H groups in total. The Labute approximate surface area is 83.9 Å². The summed E-state index contributed by atoms with van der Waals surface area (Å²) < 4.78 is 5.32. The van der Waals surface area contributed by atoms with Gasteiger partial charge in [-0.3, -0.25) is 4.79 Å². The molecular formula is C11H15NO2. The highest BCUT2D eigenvalue weighted by molar-refractivity contribution is 6.00. The highest BCUT2D eigenvalue weighted by atomic mass is 16.5. The second kappa shape index (κ2) is 4.13. The van der Waals surface area contributed by atoms with E-state index in [4.69, 9.17) is 10.5 Å². The lowest BCUT2D eigenvalue weighted by Crippen LogP contribution is -2.03. The van der Waals surface area contributed by atoms with Crippen LogP contribution in [0.2, 0.25) is 0 Å². The number of carbonyl (C=O) groups excluding carboxylic acids is 1. The van der Waals surface area contributed by atoms with Gasteiger partial charge < -0.3 is 10.5 Å². The van der Waals surface area contributed by atoms with Gasteiger partial charge in [0.05, 0.1) is 6.61 Å². The van der Waals surface area contributed by atoms with Crippen molar-refractivity contribution in [1.29, 1.82) is 0 Å². The number of anilines is 1. The Morgan fingerprint density at radius 1 is 1.50 bits per heavy atom. The third kappa shape index (κ3) is 2.05. The van der Waals surface area contributed by atoms with Crippen molar-refractivity contribution in [3.63, 3.8) is 0 Å². The van der Waals surface area contributed by atoms with Gasteiger partial charge in [-0.2, -0.15) is 0 Å². The van der Waals surface area contributed by atoms with E-state index in [1.807, 2.05) is 19.9 Å². The van der Waals surface area contributed by atoms with Gasteiger partial charge in [-0.1, -0.05) is 0 Å². The van der Waals surface area contributed by atoms with Crippen molar-refractivity contribution < 1.29 is 9.53 Å². The van der Waals surface area contributed by atoms with Crippen LogP contribution >= 0.6 is 0 Å². The number of benzene rings is 1. The Balaban J connectivity index is 3.21. The van der Waals surface area contributed by atoms with Gasteiger partial charge >= 0.3 is 0 Å². The smallest absolute Gasteiger partial charge is 0.162 e. The molecule has 0 aliphatic rings. The number of nitrogens with two attached hydrogens (primary N) is 1. The number of hydrogen-bond acceptors (Lipinski definition) is 3. The molecule has 0 spiro atoms. The van der Waals surface area contributed by atoms with Gasteiger partial charge in [0.15, 0.2) is 5.78 Å². The number of ketones is 1. The molecule has 3 nitrogen and oxygen atoms in total. The second-order valence-corrected chi connectivity index (χ2v) is 3.19. The van der Waals surface area contributed by atoms with E-state index in [2.05, 4.69) is 0 Å². The molecular weight excluding hydrogens is 178 g/mol. The van der Waals surface area contributed by atoms with Crippen molar-refractivity contribution in [2.75, 3.05) is 12.3 Å². The van der Waals surface area contributed by atoms with Gasteiger partial charge in [-0.05, 0) is 38.5 Å². The Morgan fingerprint density at radius 3 is 2.64 bits per heavy atom. The molecule has 0 fully saturated rings. The first kappa shape index (κ1) is 10.6. The monoisotopic (exact) mass is 193 g/mol. The number of nitrogen functional groups attached to an aromatic ring is 1. The van der Waals surface area contributed by atoms with Gasteiger partial charge in [0.25, 0.3) is 0 Å². The molecule has 1 aromatic carbocycles. The fourth-order valence-electron chi connectivity index (χ4n) is 1.31. The lowest BCUT2D eigenvalue weighted by atomic mass is 10.0. The average Bonchev–Trinajstić information content (AvgIpc) is 2.11. The first-order chi connectivity index (χ1) is 6.56. The van der Waals surface area contributed by atoms with E-state index in [1.165, 1.54) is 6.92 Å². The highest BCUT2D eigenvalue weighted by Crippen LogP contribution is 2.24. The highest BCUT2D eigenvalue weighted by Gasteiger charge is 2.09. The summed E-state index contributed by atoms with van der Waals surface area (Å²) in [5.41, 5.74) is 7.73. The maximum atomic E-state index is 11.2. The molecule has 0 aliphatic heterocycles. The summed E-state index contributed by atoms with van der Waals surface area (Å²) in [6, 6.07) is 3.53. The molecule has 0 saturated heterocycles. The van der Waals surface area contributed by atoms with Crippen LogP contribution in [0.1, 0.15) is 29.8 Å². The van der Waals surface area contributed by atoms with Crippen LogP contribution in [0.4, 0.5) is 5.69 Å². The van der Waals surface area contributed by atoms with E-state index in [0.29, 0.717) is 23.6 Å². The van der Waals surface area contributed by atoms with Crippen molar-refractivity contribution in [3.05, 3.63) is 23.3 Å². The lowest BCUT2D eigenvalue weighted by molar-refractivity contribution is 0.101. The fraction of sp³-hybridized carbons (Fsp3) is 0.364. The van der Waals surface area contributed by atoms with Crippen LogP contribution in [0.3, 0.4) is 0 Å². The molecule has 76 valence electrons. The van der Waals surface area contributed by atoms with E-state index in [-0.39, 0.29) is 5.78 Å². The molecule has 0 heterocycles. The van der Waals surface area contributed by atoms with Crippen LogP contribution in [0.15, 0.2) is 12.1 Å². The van der Waals surface area contributed by atoms with Crippen LogP contribution in [-0.2, 0) is 0 Å². The molecule has 1 aromatic rings. The van der Waals surface area contributed by atoms with Crippen molar-refractivity contribution in [2.45, 2.75) is 20.8 Å². The van der Waals surface area contributed by atoms with Crippen LogP contribution in [0.25, 0.3) is 0 Å². The van der Waals surface area contributed by atoms with Gasteiger partial charge in [-0.25, -0.2) is 0 Å². The third-order valence-corrected chi connectivity index (χ3v) is 2.05. The topological polar surface area (TPSA) is 52.3 Å². The predicted octanol–water partition coefficient (Wildman–Crippen LogP) is 2.18. The number of rotatable bonds is 3. The third-order valence-electron chi connectivity index (χ3n) is 2.05. The van der Waals surface area contributed by atoms with Crippen molar-refractivity contribution in [2.24, 2.45) is 0 Å². The summed E-state index contributed by atoms with van der Waals surface area (Å²) in [6.45, 7) is 5.85. The summed E-state index contributed by atoms with van der Waals surface area (Å²) in [4.78, 5) is 11.2. The number of hydrogen-bond donors (Lipinski definition) is 1. The predicted molar refractivity (Wildman–Crippen MR) is 56.8 cm³/mol. The average molecular weight is 193 g/mol. The van der Waals surface area contributed by atoms with Gasteiger partial charge in [0, 0.05) is 11.3 Å². The minimum Gasteiger partial charge on any atom is -0.494 e. The van der Waals surface area contributed by atoms with Crippen LogP contribution < -0.4 is 10.5 Å². The standard InChI is InChI=1S/C11H15NO2/c1-4-14-9-5-7(2)11(12)10(6-9)8(3)13/h5-6H,4,12H2,1-3H3. The zero-order chi connectivity index (χ0) is 10.7. The van der Waals surface area contributed by atoms with Gasteiger partial charge in [-0.15, -0.1) is 0 Å². The number of ether oxygens (including phenoxy) is 1. The van der Waals surface area contributed by atoms with Crippen molar-refractivity contribution in [3.8, 4) is 5.75 Å². The van der Waals surface area contributed by atoms with Crippen LogP contribution in [-0.4, -0.2) is 12.4 Å². The zero-order valence-electron chi connectivity index (χ0n) is 8.76.